The molecule has 0 aliphatic heterocycles. The lowest BCUT2D eigenvalue weighted by molar-refractivity contribution is -0.140. The van der Waals surface area contributed by atoms with Crippen LogP contribution in [-0.4, -0.2) is 36.3 Å². The van der Waals surface area contributed by atoms with Gasteiger partial charge in [0.05, 0.1) is 13.2 Å². The second-order valence-electron chi connectivity index (χ2n) is 5.47. The number of esters is 1. The molecular weight excluding hydrogens is 299 g/mol. The maximum atomic E-state index is 11.0. The Kier molecular flexibility index (Phi) is 9.03. The van der Waals surface area contributed by atoms with Crippen LogP contribution >= 0.6 is 21.1 Å². The van der Waals surface area contributed by atoms with Crippen LogP contribution in [0.15, 0.2) is 0 Å². The molecule has 0 amide bonds. The second-order valence-corrected chi connectivity index (χ2v) is 6.30. The fourth-order valence-electron chi connectivity index (χ4n) is 3.02. The van der Waals surface area contributed by atoms with Gasteiger partial charge >= 0.3 is 5.97 Å². The monoisotopic (exact) mass is 324 g/mol. The Hall–Kier alpha value is 0.110. The highest BCUT2D eigenvalue weighted by Crippen LogP contribution is 2.41. The maximum absolute atomic E-state index is 11.0. The van der Waals surface area contributed by atoms with Gasteiger partial charge in [-0.15, -0.1) is 11.6 Å². The first-order valence-electron chi connectivity index (χ1n) is 7.31. The first-order valence-corrected chi connectivity index (χ1v) is 8.22. The summed E-state index contributed by atoms with van der Waals surface area (Å²) in [6, 6.07) is 0. The highest BCUT2D eigenvalue weighted by Gasteiger charge is 2.41. The van der Waals surface area contributed by atoms with Crippen LogP contribution < -0.4 is 0 Å². The Bertz CT molecular complexity index is 290. The largest absolute Gasteiger partial charge is 0.469 e. The minimum Gasteiger partial charge on any atom is -0.469 e. The average Bonchev–Trinajstić information content (AvgIpc) is 2.77. The Morgan fingerprint density at radius 1 is 1.30 bits per heavy atom. The summed E-state index contributed by atoms with van der Waals surface area (Å²) in [7, 11) is 3.70. The molecule has 0 aromatic rings. The Labute approximate surface area is 128 Å². The molecule has 5 atom stereocenters. The van der Waals surface area contributed by atoms with Crippen molar-refractivity contribution in [2.45, 2.75) is 56.4 Å². The molecule has 1 N–H and O–H groups in total. The number of methoxy groups -OCH3 is 1. The van der Waals surface area contributed by atoms with Crippen LogP contribution in [0.1, 0.15) is 44.9 Å². The molecule has 1 aliphatic carbocycles. The van der Waals surface area contributed by atoms with E-state index in [1.807, 2.05) is 0 Å². The normalized spacial score (nSPS) is 29.6. The number of hydrogen-bond donors (Lipinski definition) is 1. The molecule has 3 unspecified atom stereocenters. The van der Waals surface area contributed by atoms with Crippen molar-refractivity contribution in [1.82, 2.24) is 0 Å². The van der Waals surface area contributed by atoms with E-state index in [1.165, 1.54) is 7.11 Å². The third-order valence-electron chi connectivity index (χ3n) is 4.23. The van der Waals surface area contributed by atoms with E-state index in [0.717, 1.165) is 38.5 Å². The molecule has 0 bridgehead atoms. The number of rotatable bonds is 9. The van der Waals surface area contributed by atoms with Crippen molar-refractivity contribution in [2.75, 3.05) is 13.7 Å². The van der Waals surface area contributed by atoms with Gasteiger partial charge in [0.15, 0.2) is 0 Å². The van der Waals surface area contributed by atoms with Crippen molar-refractivity contribution < 1.29 is 19.2 Å². The third-order valence-corrected chi connectivity index (χ3v) is 5.08. The number of carbonyl (C=O) groups is 1. The van der Waals surface area contributed by atoms with Crippen molar-refractivity contribution in [1.29, 1.82) is 0 Å². The van der Waals surface area contributed by atoms with Crippen LogP contribution in [0.4, 0.5) is 0 Å². The Balaban J connectivity index is 2.19. The van der Waals surface area contributed by atoms with E-state index in [1.54, 1.807) is 0 Å². The average molecular weight is 325 g/mol. The van der Waals surface area contributed by atoms with Gasteiger partial charge < -0.3 is 14.4 Å². The number of halogens is 1. The molecule has 0 saturated heterocycles. The SMILES string of the molecule is COC(=O)CCCCCC[C@H]1C(Cl)CC(OP)[C@@H]1CO. The summed E-state index contributed by atoms with van der Waals surface area (Å²) in [4.78, 5) is 11.0. The number of hydrogen-bond acceptors (Lipinski definition) is 4. The zero-order chi connectivity index (χ0) is 15.0. The molecule has 118 valence electrons. The lowest BCUT2D eigenvalue weighted by Gasteiger charge is -2.22. The van der Waals surface area contributed by atoms with Gasteiger partial charge in [-0.25, -0.2) is 0 Å². The molecule has 1 saturated carbocycles. The molecule has 0 aromatic carbocycles. The van der Waals surface area contributed by atoms with Crippen LogP contribution in [0.5, 0.6) is 0 Å². The smallest absolute Gasteiger partial charge is 0.305 e. The molecule has 20 heavy (non-hydrogen) atoms. The summed E-state index contributed by atoms with van der Waals surface area (Å²) in [6.45, 7) is 0.134. The van der Waals surface area contributed by atoms with E-state index in [-0.39, 0.29) is 30.0 Å². The summed E-state index contributed by atoms with van der Waals surface area (Å²) in [5.41, 5.74) is 0. The van der Waals surface area contributed by atoms with E-state index < -0.39 is 0 Å². The summed E-state index contributed by atoms with van der Waals surface area (Å²) < 4.78 is 9.92. The van der Waals surface area contributed by atoms with Crippen molar-refractivity contribution in [2.24, 2.45) is 11.8 Å². The molecule has 0 heterocycles. The van der Waals surface area contributed by atoms with Crippen molar-refractivity contribution in [3.63, 3.8) is 0 Å². The van der Waals surface area contributed by atoms with Crippen LogP contribution in [0.25, 0.3) is 0 Å². The Morgan fingerprint density at radius 2 is 2.00 bits per heavy atom. The zero-order valence-corrected chi connectivity index (χ0v) is 14.0. The van der Waals surface area contributed by atoms with E-state index in [9.17, 15) is 9.90 Å². The number of aliphatic hydroxyl groups is 1. The zero-order valence-electron chi connectivity index (χ0n) is 12.1. The number of carbonyl (C=O) groups excluding carboxylic acids is 1. The fraction of sp³-hybridized carbons (Fsp3) is 0.929. The van der Waals surface area contributed by atoms with Gasteiger partial charge in [-0.2, -0.15) is 0 Å². The molecule has 6 heteroatoms. The van der Waals surface area contributed by atoms with Gasteiger partial charge in [0.25, 0.3) is 0 Å². The van der Waals surface area contributed by atoms with E-state index in [4.69, 9.17) is 16.1 Å². The summed E-state index contributed by atoms with van der Waals surface area (Å²) in [5.74, 6) is 0.334. The van der Waals surface area contributed by atoms with Gasteiger partial charge in [0.2, 0.25) is 0 Å². The number of aliphatic hydroxyl groups excluding tert-OH is 1. The minimum atomic E-state index is -0.137. The molecular formula is C14H26ClO4P. The van der Waals surface area contributed by atoms with Gasteiger partial charge in [-0.05, 0) is 25.2 Å². The first kappa shape index (κ1) is 18.2. The van der Waals surface area contributed by atoms with E-state index in [0.29, 0.717) is 12.3 Å². The predicted molar refractivity (Wildman–Crippen MR) is 82.6 cm³/mol. The van der Waals surface area contributed by atoms with Crippen LogP contribution in [0.2, 0.25) is 0 Å². The highest BCUT2D eigenvalue weighted by molar-refractivity contribution is 7.09. The summed E-state index contributed by atoms with van der Waals surface area (Å²) in [5, 5.41) is 9.58. The van der Waals surface area contributed by atoms with E-state index in [2.05, 4.69) is 14.2 Å². The fourth-order valence-corrected chi connectivity index (χ4v) is 3.83. The molecule has 1 fully saturated rings. The van der Waals surface area contributed by atoms with Crippen molar-refractivity contribution >= 4 is 27.0 Å². The standard InChI is InChI=1S/C14H26ClO4P/c1-18-14(17)7-5-3-2-4-6-10-11(9-16)13(19-20)8-12(10)15/h10-13,16H,2-9,20H2,1H3/t10-,11-,12?,13?/m1/s1. The molecule has 1 aliphatic rings. The second kappa shape index (κ2) is 9.94. The van der Waals surface area contributed by atoms with Crippen molar-refractivity contribution in [3.05, 3.63) is 0 Å². The number of alkyl halides is 1. The lowest BCUT2D eigenvalue weighted by Crippen LogP contribution is -2.24. The van der Waals surface area contributed by atoms with Gasteiger partial charge in [0.1, 0.15) is 0 Å². The Morgan fingerprint density at radius 3 is 2.60 bits per heavy atom. The van der Waals surface area contributed by atoms with Gasteiger partial charge in [-0.1, -0.05) is 19.3 Å². The maximum Gasteiger partial charge on any atom is 0.305 e. The predicted octanol–water partition coefficient (Wildman–Crippen LogP) is 2.91. The first-order chi connectivity index (χ1) is 9.63. The number of unbranched alkanes of at least 4 members (excludes halogenated alkanes) is 3. The highest BCUT2D eigenvalue weighted by atomic mass is 35.5. The molecule has 4 nitrogen and oxygen atoms in total. The quantitative estimate of drug-likeness (QED) is 0.307. The minimum absolute atomic E-state index is 0.0526. The number of ether oxygens (including phenoxy) is 1. The van der Waals surface area contributed by atoms with E-state index >= 15 is 0 Å². The van der Waals surface area contributed by atoms with Gasteiger partial charge in [0, 0.05) is 33.8 Å². The molecule has 0 radical (unpaired) electrons. The molecule has 1 rings (SSSR count). The summed E-state index contributed by atoms with van der Waals surface area (Å²) >= 11 is 6.36. The topological polar surface area (TPSA) is 55.8 Å². The van der Waals surface area contributed by atoms with Gasteiger partial charge in [-0.3, -0.25) is 4.79 Å². The lowest BCUT2D eigenvalue weighted by atomic mass is 9.90. The third kappa shape index (κ3) is 5.48. The van der Waals surface area contributed by atoms with Crippen molar-refractivity contribution in [3.8, 4) is 0 Å². The molecule has 0 spiro atoms. The van der Waals surface area contributed by atoms with Crippen LogP contribution in [-0.2, 0) is 14.1 Å². The summed E-state index contributed by atoms with van der Waals surface area (Å²) in [6.07, 6.45) is 6.45. The van der Waals surface area contributed by atoms with Crippen LogP contribution in [0, 0.1) is 11.8 Å². The van der Waals surface area contributed by atoms with Crippen LogP contribution in [0.3, 0.4) is 0 Å². The molecule has 0 aromatic heterocycles.